The predicted molar refractivity (Wildman–Crippen MR) is 71.4 cm³/mol. The summed E-state index contributed by atoms with van der Waals surface area (Å²) >= 11 is 0. The van der Waals surface area contributed by atoms with Crippen molar-refractivity contribution in [1.29, 1.82) is 0 Å². The van der Waals surface area contributed by atoms with E-state index >= 15 is 0 Å². The molecule has 1 aromatic carbocycles. The molecule has 0 N–H and O–H groups in total. The first-order valence-corrected chi connectivity index (χ1v) is 6.74. The Balaban J connectivity index is 1.97. The first-order chi connectivity index (χ1) is 8.70. The lowest BCUT2D eigenvalue weighted by Gasteiger charge is -2.29. The van der Waals surface area contributed by atoms with E-state index in [1.165, 1.54) is 5.56 Å². The predicted octanol–water partition coefficient (Wildman–Crippen LogP) is 2.51. The lowest BCUT2D eigenvalue weighted by Crippen LogP contribution is -2.29. The highest BCUT2D eigenvalue weighted by Gasteiger charge is 2.40. The molecule has 0 spiro atoms. The standard InChI is InChI=1S/C15H21NO2/c1-10(2)16-7-11-9-18-14-6-4-5-13(17-3)15(14)12(11)8-16/h4-6,10-12H,7-9H2,1-3H3/t11-,12-/m1/s1. The number of ether oxygens (including phenoxy) is 2. The van der Waals surface area contributed by atoms with Crippen LogP contribution < -0.4 is 9.47 Å². The van der Waals surface area contributed by atoms with Crippen molar-refractivity contribution in [2.75, 3.05) is 26.8 Å². The Bertz CT molecular complexity index is 430. The van der Waals surface area contributed by atoms with Crippen LogP contribution in [-0.2, 0) is 0 Å². The zero-order valence-corrected chi connectivity index (χ0v) is 11.3. The first-order valence-electron chi connectivity index (χ1n) is 6.74. The van der Waals surface area contributed by atoms with Crippen LogP contribution in [0.15, 0.2) is 18.2 Å². The SMILES string of the molecule is COc1cccc2c1[C@@H]1CN(C(C)C)C[C@@H]1CO2. The Labute approximate surface area is 109 Å². The monoisotopic (exact) mass is 247 g/mol. The molecule has 2 aliphatic heterocycles. The van der Waals surface area contributed by atoms with Gasteiger partial charge in [-0.3, -0.25) is 4.90 Å². The second-order valence-corrected chi connectivity index (χ2v) is 5.60. The summed E-state index contributed by atoms with van der Waals surface area (Å²) in [6, 6.07) is 6.72. The molecule has 0 bridgehead atoms. The van der Waals surface area contributed by atoms with Crippen LogP contribution in [0.1, 0.15) is 25.3 Å². The molecular formula is C15H21NO2. The molecule has 0 amide bonds. The van der Waals surface area contributed by atoms with E-state index in [2.05, 4.69) is 24.8 Å². The second kappa shape index (κ2) is 4.47. The minimum Gasteiger partial charge on any atom is -0.496 e. The second-order valence-electron chi connectivity index (χ2n) is 5.60. The zero-order chi connectivity index (χ0) is 12.7. The number of likely N-dealkylation sites (tertiary alicyclic amines) is 1. The minimum atomic E-state index is 0.562. The molecule has 3 nitrogen and oxygen atoms in total. The van der Waals surface area contributed by atoms with Gasteiger partial charge in [-0.05, 0) is 26.0 Å². The summed E-state index contributed by atoms with van der Waals surface area (Å²) in [4.78, 5) is 2.54. The smallest absolute Gasteiger partial charge is 0.126 e. The van der Waals surface area contributed by atoms with Gasteiger partial charge >= 0.3 is 0 Å². The maximum atomic E-state index is 5.90. The third-order valence-corrected chi connectivity index (χ3v) is 4.27. The first kappa shape index (κ1) is 11.8. The summed E-state index contributed by atoms with van der Waals surface area (Å²) < 4.78 is 11.4. The van der Waals surface area contributed by atoms with Gasteiger partial charge in [0.15, 0.2) is 0 Å². The zero-order valence-electron chi connectivity index (χ0n) is 11.3. The summed E-state index contributed by atoms with van der Waals surface area (Å²) in [5, 5.41) is 0. The van der Waals surface area contributed by atoms with Gasteiger partial charge in [0.05, 0.1) is 13.7 Å². The maximum Gasteiger partial charge on any atom is 0.126 e. The van der Waals surface area contributed by atoms with Gasteiger partial charge in [-0.2, -0.15) is 0 Å². The fraction of sp³-hybridized carbons (Fsp3) is 0.600. The Morgan fingerprint density at radius 2 is 2.17 bits per heavy atom. The molecule has 0 aromatic heterocycles. The molecule has 2 atom stereocenters. The van der Waals surface area contributed by atoms with E-state index in [1.54, 1.807) is 7.11 Å². The summed E-state index contributed by atoms with van der Waals surface area (Å²) in [6.45, 7) is 7.63. The normalized spacial score (nSPS) is 26.7. The largest absolute Gasteiger partial charge is 0.496 e. The highest BCUT2D eigenvalue weighted by atomic mass is 16.5. The van der Waals surface area contributed by atoms with Crippen LogP contribution in [0.3, 0.4) is 0 Å². The Morgan fingerprint density at radius 1 is 1.33 bits per heavy atom. The maximum absolute atomic E-state index is 5.90. The van der Waals surface area contributed by atoms with Gasteiger partial charge < -0.3 is 9.47 Å². The van der Waals surface area contributed by atoms with Gasteiger partial charge in [-0.25, -0.2) is 0 Å². The van der Waals surface area contributed by atoms with Crippen LogP contribution in [0.2, 0.25) is 0 Å². The van der Waals surface area contributed by atoms with Crippen LogP contribution in [-0.4, -0.2) is 37.7 Å². The molecule has 2 aliphatic rings. The van der Waals surface area contributed by atoms with Gasteiger partial charge in [0.2, 0.25) is 0 Å². The van der Waals surface area contributed by atoms with Crippen LogP contribution in [0, 0.1) is 5.92 Å². The van der Waals surface area contributed by atoms with E-state index in [4.69, 9.17) is 9.47 Å². The lowest BCUT2D eigenvalue weighted by atomic mass is 9.86. The molecule has 1 aromatic rings. The van der Waals surface area contributed by atoms with Gasteiger partial charge in [-0.15, -0.1) is 0 Å². The van der Waals surface area contributed by atoms with Crippen molar-refractivity contribution in [3.8, 4) is 11.5 Å². The van der Waals surface area contributed by atoms with Crippen molar-refractivity contribution in [3.63, 3.8) is 0 Å². The molecule has 1 fully saturated rings. The summed E-state index contributed by atoms with van der Waals surface area (Å²) in [6.07, 6.45) is 0. The highest BCUT2D eigenvalue weighted by Crippen LogP contribution is 2.46. The van der Waals surface area contributed by atoms with E-state index in [-0.39, 0.29) is 0 Å². The van der Waals surface area contributed by atoms with Crippen LogP contribution >= 0.6 is 0 Å². The van der Waals surface area contributed by atoms with Crippen molar-refractivity contribution in [1.82, 2.24) is 4.90 Å². The van der Waals surface area contributed by atoms with Crippen LogP contribution in [0.25, 0.3) is 0 Å². The van der Waals surface area contributed by atoms with E-state index in [0.29, 0.717) is 17.9 Å². The Kier molecular flexibility index (Phi) is 2.94. The highest BCUT2D eigenvalue weighted by molar-refractivity contribution is 5.49. The molecule has 0 saturated carbocycles. The fourth-order valence-corrected chi connectivity index (χ4v) is 3.21. The van der Waals surface area contributed by atoms with E-state index in [1.807, 2.05) is 12.1 Å². The van der Waals surface area contributed by atoms with Crippen LogP contribution in [0.5, 0.6) is 11.5 Å². The summed E-state index contributed by atoms with van der Waals surface area (Å²) in [7, 11) is 1.74. The Morgan fingerprint density at radius 3 is 2.89 bits per heavy atom. The van der Waals surface area contributed by atoms with Gasteiger partial charge in [-0.1, -0.05) is 6.07 Å². The van der Waals surface area contributed by atoms with Crippen molar-refractivity contribution in [3.05, 3.63) is 23.8 Å². The molecular weight excluding hydrogens is 226 g/mol. The molecule has 0 aliphatic carbocycles. The number of nitrogens with zero attached hydrogens (tertiary/aromatic N) is 1. The minimum absolute atomic E-state index is 0.562. The average molecular weight is 247 g/mol. The van der Waals surface area contributed by atoms with E-state index in [0.717, 1.165) is 31.2 Å². The molecule has 0 radical (unpaired) electrons. The molecule has 3 heteroatoms. The quantitative estimate of drug-likeness (QED) is 0.801. The third kappa shape index (κ3) is 1.77. The lowest BCUT2D eigenvalue weighted by molar-refractivity contribution is 0.204. The van der Waals surface area contributed by atoms with Crippen molar-refractivity contribution in [2.45, 2.75) is 25.8 Å². The molecule has 3 rings (SSSR count). The van der Waals surface area contributed by atoms with Crippen molar-refractivity contribution < 1.29 is 9.47 Å². The van der Waals surface area contributed by atoms with E-state index in [9.17, 15) is 0 Å². The Hall–Kier alpha value is -1.22. The fourth-order valence-electron chi connectivity index (χ4n) is 3.21. The summed E-state index contributed by atoms with van der Waals surface area (Å²) in [5.41, 5.74) is 1.28. The molecule has 0 unspecified atom stereocenters. The molecule has 18 heavy (non-hydrogen) atoms. The number of hydrogen-bond acceptors (Lipinski definition) is 3. The molecule has 1 saturated heterocycles. The third-order valence-electron chi connectivity index (χ3n) is 4.27. The van der Waals surface area contributed by atoms with Gasteiger partial charge in [0.25, 0.3) is 0 Å². The molecule has 2 heterocycles. The van der Waals surface area contributed by atoms with Crippen LogP contribution in [0.4, 0.5) is 0 Å². The van der Waals surface area contributed by atoms with Crippen molar-refractivity contribution >= 4 is 0 Å². The van der Waals surface area contributed by atoms with Gasteiger partial charge in [0.1, 0.15) is 11.5 Å². The number of rotatable bonds is 2. The number of methoxy groups -OCH3 is 1. The number of hydrogen-bond donors (Lipinski definition) is 0. The number of benzene rings is 1. The van der Waals surface area contributed by atoms with Crippen molar-refractivity contribution in [2.24, 2.45) is 5.92 Å². The molecule has 98 valence electrons. The van der Waals surface area contributed by atoms with E-state index < -0.39 is 0 Å². The van der Waals surface area contributed by atoms with Gasteiger partial charge in [0, 0.05) is 36.5 Å². The topological polar surface area (TPSA) is 21.7 Å². The summed E-state index contributed by atoms with van der Waals surface area (Å²) in [5.74, 6) is 3.16. The average Bonchev–Trinajstić information content (AvgIpc) is 2.82. The number of fused-ring (bicyclic) bond motifs is 3.